The van der Waals surface area contributed by atoms with Crippen molar-refractivity contribution in [1.82, 2.24) is 4.98 Å². The first-order valence-electron chi connectivity index (χ1n) is 6.05. The number of nitrogen functional groups attached to an aromatic ring is 1. The van der Waals surface area contributed by atoms with E-state index in [0.717, 1.165) is 0 Å². The summed E-state index contributed by atoms with van der Waals surface area (Å²) in [4.78, 5) is 4.14. The van der Waals surface area contributed by atoms with Crippen LogP contribution in [0.2, 0.25) is 0 Å². The number of hydrogen-bond donors (Lipinski definition) is 3. The van der Waals surface area contributed by atoms with E-state index in [9.17, 15) is 8.42 Å². The van der Waals surface area contributed by atoms with Crippen LogP contribution in [0.15, 0.2) is 40.0 Å². The molecule has 1 aromatic carbocycles. The normalized spacial score (nSPS) is 11.2. The van der Waals surface area contributed by atoms with Crippen molar-refractivity contribution >= 4 is 37.3 Å². The standard InChI is InChI=1S/C13H15BrN4O2S/c1-8-5-10(17-15)6-9(2)13(8)21(19,20)18-12-3-4-16-7-11(12)14/h3-7,17H,15H2,1-2H3,(H,16,18). The minimum atomic E-state index is -3.70. The monoisotopic (exact) mass is 370 g/mol. The molecule has 1 aromatic heterocycles. The van der Waals surface area contributed by atoms with E-state index in [4.69, 9.17) is 5.84 Å². The lowest BCUT2D eigenvalue weighted by Crippen LogP contribution is -2.17. The fourth-order valence-electron chi connectivity index (χ4n) is 2.11. The van der Waals surface area contributed by atoms with Gasteiger partial charge >= 0.3 is 0 Å². The van der Waals surface area contributed by atoms with E-state index < -0.39 is 10.0 Å². The highest BCUT2D eigenvalue weighted by Crippen LogP contribution is 2.28. The van der Waals surface area contributed by atoms with Crippen LogP contribution < -0.4 is 16.0 Å². The van der Waals surface area contributed by atoms with E-state index in [0.29, 0.717) is 27.0 Å². The average molecular weight is 371 g/mol. The number of nitrogens with two attached hydrogens (primary N) is 1. The third-order valence-corrected chi connectivity index (χ3v) is 5.21. The van der Waals surface area contributed by atoms with Crippen molar-refractivity contribution < 1.29 is 8.42 Å². The Kier molecular flexibility index (Phi) is 4.50. The number of nitrogens with zero attached hydrogens (tertiary/aromatic N) is 1. The van der Waals surface area contributed by atoms with Crippen molar-refractivity contribution in [3.8, 4) is 0 Å². The molecule has 0 fully saturated rings. The molecule has 0 aliphatic carbocycles. The molecule has 0 amide bonds. The van der Waals surface area contributed by atoms with E-state index in [1.54, 1.807) is 32.0 Å². The minimum Gasteiger partial charge on any atom is -0.324 e. The molecule has 0 saturated heterocycles. The van der Waals surface area contributed by atoms with Crippen LogP contribution in [-0.2, 0) is 10.0 Å². The summed E-state index contributed by atoms with van der Waals surface area (Å²) >= 11 is 3.27. The number of nitrogens with one attached hydrogen (secondary N) is 2. The SMILES string of the molecule is Cc1cc(NN)cc(C)c1S(=O)(=O)Nc1ccncc1Br. The Labute approximate surface area is 131 Å². The fourth-order valence-corrected chi connectivity index (χ4v) is 4.13. The molecule has 8 heteroatoms. The van der Waals surface area contributed by atoms with Gasteiger partial charge in [-0.1, -0.05) is 0 Å². The summed E-state index contributed by atoms with van der Waals surface area (Å²) in [7, 11) is -3.70. The molecule has 0 unspecified atom stereocenters. The first kappa shape index (κ1) is 15.7. The zero-order valence-corrected chi connectivity index (χ0v) is 13.9. The molecule has 0 aliphatic rings. The van der Waals surface area contributed by atoms with Crippen LogP contribution in [0.4, 0.5) is 11.4 Å². The minimum absolute atomic E-state index is 0.241. The first-order valence-corrected chi connectivity index (χ1v) is 8.33. The molecule has 0 saturated carbocycles. The highest BCUT2D eigenvalue weighted by molar-refractivity contribution is 9.10. The second-order valence-electron chi connectivity index (χ2n) is 4.54. The smallest absolute Gasteiger partial charge is 0.262 e. The number of halogens is 1. The summed E-state index contributed by atoms with van der Waals surface area (Å²) in [6.45, 7) is 3.45. The Balaban J connectivity index is 2.48. The molecule has 0 spiro atoms. The largest absolute Gasteiger partial charge is 0.324 e. The highest BCUT2D eigenvalue weighted by atomic mass is 79.9. The number of benzene rings is 1. The van der Waals surface area contributed by atoms with Crippen LogP contribution in [0.5, 0.6) is 0 Å². The molecule has 112 valence electrons. The molecule has 1 heterocycles. The van der Waals surface area contributed by atoms with Gasteiger partial charge in [-0.15, -0.1) is 0 Å². The van der Waals surface area contributed by atoms with Gasteiger partial charge in [-0.25, -0.2) is 8.42 Å². The molecule has 2 aromatic rings. The van der Waals surface area contributed by atoms with Crippen LogP contribution in [-0.4, -0.2) is 13.4 Å². The van der Waals surface area contributed by atoms with Gasteiger partial charge in [-0.2, -0.15) is 0 Å². The number of rotatable bonds is 4. The van der Waals surface area contributed by atoms with E-state index in [-0.39, 0.29) is 4.90 Å². The van der Waals surface area contributed by atoms with Crippen LogP contribution in [0.1, 0.15) is 11.1 Å². The number of hydrogen-bond acceptors (Lipinski definition) is 5. The van der Waals surface area contributed by atoms with Gasteiger partial charge in [0.2, 0.25) is 0 Å². The molecule has 0 aliphatic heterocycles. The van der Waals surface area contributed by atoms with E-state index in [1.807, 2.05) is 0 Å². The summed E-state index contributed by atoms with van der Waals surface area (Å²) < 4.78 is 28.3. The van der Waals surface area contributed by atoms with Gasteiger partial charge in [0.15, 0.2) is 0 Å². The van der Waals surface area contributed by atoms with Crippen molar-refractivity contribution in [3.05, 3.63) is 46.2 Å². The number of pyridine rings is 1. The quantitative estimate of drug-likeness (QED) is 0.567. The average Bonchev–Trinajstić information content (AvgIpc) is 2.40. The summed E-state index contributed by atoms with van der Waals surface area (Å²) in [6.07, 6.45) is 3.04. The van der Waals surface area contributed by atoms with Crippen molar-refractivity contribution in [2.75, 3.05) is 10.1 Å². The van der Waals surface area contributed by atoms with Crippen LogP contribution in [0.3, 0.4) is 0 Å². The van der Waals surface area contributed by atoms with E-state index in [2.05, 4.69) is 31.1 Å². The predicted octanol–water partition coefficient (Wildman–Crippen LogP) is 2.55. The number of aryl methyl sites for hydroxylation is 2. The van der Waals surface area contributed by atoms with Crippen molar-refractivity contribution in [2.24, 2.45) is 5.84 Å². The molecule has 0 bridgehead atoms. The summed E-state index contributed by atoms with van der Waals surface area (Å²) in [5.41, 5.74) is 4.83. The van der Waals surface area contributed by atoms with Gasteiger partial charge in [0, 0.05) is 18.1 Å². The zero-order valence-electron chi connectivity index (χ0n) is 11.5. The number of hydrazine groups is 1. The lowest BCUT2D eigenvalue weighted by molar-refractivity contribution is 0.600. The summed E-state index contributed by atoms with van der Waals surface area (Å²) in [5, 5.41) is 0. The van der Waals surface area contributed by atoms with Gasteiger partial charge in [-0.3, -0.25) is 15.5 Å². The second-order valence-corrected chi connectivity index (χ2v) is 7.02. The fraction of sp³-hybridized carbons (Fsp3) is 0.154. The molecule has 4 N–H and O–H groups in total. The second kappa shape index (κ2) is 6.00. The van der Waals surface area contributed by atoms with Crippen LogP contribution in [0, 0.1) is 13.8 Å². The summed E-state index contributed by atoms with van der Waals surface area (Å²) in [5.74, 6) is 5.36. The first-order chi connectivity index (χ1) is 9.85. The number of anilines is 2. The van der Waals surface area contributed by atoms with Crippen LogP contribution in [0.25, 0.3) is 0 Å². The molecular weight excluding hydrogens is 356 g/mol. The Morgan fingerprint density at radius 2 is 1.86 bits per heavy atom. The Hall–Kier alpha value is -1.64. The van der Waals surface area contributed by atoms with Gasteiger partial charge in [0.05, 0.1) is 15.1 Å². The molecule has 6 nitrogen and oxygen atoms in total. The van der Waals surface area contributed by atoms with Gasteiger partial charge in [0.25, 0.3) is 10.0 Å². The van der Waals surface area contributed by atoms with Crippen molar-refractivity contribution in [1.29, 1.82) is 0 Å². The van der Waals surface area contributed by atoms with Gasteiger partial charge in [0.1, 0.15) is 0 Å². The number of aromatic nitrogens is 1. The maximum atomic E-state index is 12.6. The lowest BCUT2D eigenvalue weighted by Gasteiger charge is -2.15. The number of sulfonamides is 1. The Morgan fingerprint density at radius 1 is 1.24 bits per heavy atom. The van der Waals surface area contributed by atoms with E-state index >= 15 is 0 Å². The predicted molar refractivity (Wildman–Crippen MR) is 86.5 cm³/mol. The Bertz CT molecular complexity index is 754. The van der Waals surface area contributed by atoms with Crippen molar-refractivity contribution in [3.63, 3.8) is 0 Å². The molecule has 2 rings (SSSR count). The summed E-state index contributed by atoms with van der Waals surface area (Å²) in [6, 6.07) is 4.95. The van der Waals surface area contributed by atoms with Crippen LogP contribution >= 0.6 is 15.9 Å². The van der Waals surface area contributed by atoms with Crippen molar-refractivity contribution in [2.45, 2.75) is 18.7 Å². The molecular formula is C13H15BrN4O2S. The maximum absolute atomic E-state index is 12.6. The third kappa shape index (κ3) is 3.34. The molecule has 21 heavy (non-hydrogen) atoms. The Morgan fingerprint density at radius 3 is 2.38 bits per heavy atom. The van der Waals surface area contributed by atoms with Gasteiger partial charge < -0.3 is 5.43 Å². The molecule has 0 atom stereocenters. The van der Waals surface area contributed by atoms with E-state index in [1.165, 1.54) is 12.4 Å². The highest BCUT2D eigenvalue weighted by Gasteiger charge is 2.21. The lowest BCUT2D eigenvalue weighted by atomic mass is 10.1. The molecule has 0 radical (unpaired) electrons. The topological polar surface area (TPSA) is 97.1 Å². The zero-order chi connectivity index (χ0) is 15.6. The maximum Gasteiger partial charge on any atom is 0.262 e. The van der Waals surface area contributed by atoms with Gasteiger partial charge in [-0.05, 0) is 59.1 Å². The third-order valence-electron chi connectivity index (χ3n) is 2.91.